The third-order valence-electron chi connectivity index (χ3n) is 5.37. The lowest BCUT2D eigenvalue weighted by atomic mass is 10.0. The van der Waals surface area contributed by atoms with Crippen molar-refractivity contribution in [3.63, 3.8) is 0 Å². The quantitative estimate of drug-likeness (QED) is 0.277. The van der Waals surface area contributed by atoms with Crippen LogP contribution in [0.15, 0.2) is 39.7 Å². The Kier molecular flexibility index (Phi) is 9.36. The third-order valence-corrected chi connectivity index (χ3v) is 6.26. The lowest BCUT2D eigenvalue weighted by Gasteiger charge is -2.20. The highest BCUT2D eigenvalue weighted by atomic mass is 79.9. The van der Waals surface area contributed by atoms with Crippen molar-refractivity contribution in [3.05, 3.63) is 67.8 Å². The second kappa shape index (κ2) is 12.2. The number of esters is 1. The Balaban J connectivity index is 2.29. The molecule has 0 aliphatic carbocycles. The van der Waals surface area contributed by atoms with E-state index in [-0.39, 0.29) is 42.4 Å². The van der Waals surface area contributed by atoms with Crippen molar-refractivity contribution in [2.75, 3.05) is 19.8 Å². The van der Waals surface area contributed by atoms with Crippen molar-refractivity contribution in [3.8, 4) is 5.75 Å². The number of unbranched alkanes of at least 4 members (excludes halogenated alkanes) is 1. The minimum atomic E-state index is -1.26. The first-order chi connectivity index (χ1) is 16.8. The number of carbonyl (C=O) groups is 1. The molecule has 10 heteroatoms. The Morgan fingerprint density at radius 3 is 2.60 bits per heavy atom. The summed E-state index contributed by atoms with van der Waals surface area (Å²) in [6.45, 7) is 3.06. The number of aromatic nitrogens is 2. The average Bonchev–Trinajstić information content (AvgIpc) is 2.84. The van der Waals surface area contributed by atoms with Crippen LogP contribution in [-0.4, -0.2) is 51.7 Å². The molecule has 1 atom stereocenters. The van der Waals surface area contributed by atoms with E-state index in [2.05, 4.69) is 20.9 Å². The maximum atomic E-state index is 13.6. The van der Waals surface area contributed by atoms with Crippen molar-refractivity contribution >= 4 is 32.9 Å². The van der Waals surface area contributed by atoms with Gasteiger partial charge in [0.1, 0.15) is 11.3 Å². The van der Waals surface area contributed by atoms with Crippen LogP contribution in [0, 0.1) is 5.82 Å². The standard InChI is InChI=1S/C25H28BrFN2O6/c1-3-5-10-35-23-19(25(33)34-4-2)24(32)29(13-18(31)14-30)22-20(26)16(12-28-21(22)23)11-15-6-8-17(27)9-7-15/h6-9,12,18,30-31H,3-5,10-11,13-14H2,1-2H3. The molecule has 0 radical (unpaired) electrons. The number of hydrogen-bond acceptors (Lipinski definition) is 7. The van der Waals surface area contributed by atoms with Gasteiger partial charge in [0.25, 0.3) is 5.56 Å². The summed E-state index contributed by atoms with van der Waals surface area (Å²) in [4.78, 5) is 30.9. The van der Waals surface area contributed by atoms with E-state index < -0.39 is 24.2 Å². The smallest absolute Gasteiger partial charge is 0.347 e. The Labute approximate surface area is 210 Å². The van der Waals surface area contributed by atoms with Gasteiger partial charge in [0.05, 0.1) is 38.0 Å². The second-order valence-corrected chi connectivity index (χ2v) is 8.77. The molecule has 8 nitrogen and oxygen atoms in total. The van der Waals surface area contributed by atoms with Gasteiger partial charge in [-0.3, -0.25) is 9.78 Å². The molecule has 188 valence electrons. The van der Waals surface area contributed by atoms with Gasteiger partial charge in [-0.15, -0.1) is 0 Å². The molecule has 0 saturated heterocycles. The largest absolute Gasteiger partial charge is 0.490 e. The first-order valence-corrected chi connectivity index (χ1v) is 12.2. The molecule has 0 amide bonds. The predicted octanol–water partition coefficient (Wildman–Crippen LogP) is 3.60. The number of carbonyl (C=O) groups excluding carboxylic acids is 1. The Bertz CT molecular complexity index is 1250. The Morgan fingerprint density at radius 2 is 1.97 bits per heavy atom. The van der Waals surface area contributed by atoms with Gasteiger partial charge in [0.15, 0.2) is 11.3 Å². The van der Waals surface area contributed by atoms with Crippen LogP contribution in [0.4, 0.5) is 4.39 Å². The van der Waals surface area contributed by atoms with Gasteiger partial charge in [0, 0.05) is 17.1 Å². The molecule has 3 aromatic rings. The molecule has 0 fully saturated rings. The minimum absolute atomic E-state index is 0.0145. The van der Waals surface area contributed by atoms with Crippen LogP contribution in [0.25, 0.3) is 11.0 Å². The van der Waals surface area contributed by atoms with Crippen LogP contribution in [0.1, 0.15) is 48.2 Å². The van der Waals surface area contributed by atoms with Crippen LogP contribution in [0.3, 0.4) is 0 Å². The minimum Gasteiger partial charge on any atom is -0.490 e. The summed E-state index contributed by atoms with van der Waals surface area (Å²) in [5, 5.41) is 19.6. The van der Waals surface area contributed by atoms with E-state index >= 15 is 0 Å². The predicted molar refractivity (Wildman–Crippen MR) is 132 cm³/mol. The number of hydrogen-bond donors (Lipinski definition) is 2. The molecule has 35 heavy (non-hydrogen) atoms. The first-order valence-electron chi connectivity index (χ1n) is 11.4. The molecule has 1 aromatic carbocycles. The summed E-state index contributed by atoms with van der Waals surface area (Å²) in [5.74, 6) is -1.19. The fourth-order valence-electron chi connectivity index (χ4n) is 3.61. The topological polar surface area (TPSA) is 111 Å². The zero-order chi connectivity index (χ0) is 25.5. The highest BCUT2D eigenvalue weighted by Gasteiger charge is 2.28. The number of aliphatic hydroxyl groups is 2. The molecule has 2 heterocycles. The van der Waals surface area contributed by atoms with E-state index in [1.54, 1.807) is 25.3 Å². The molecule has 2 aromatic heterocycles. The Morgan fingerprint density at radius 1 is 1.26 bits per heavy atom. The number of benzene rings is 1. The fraction of sp³-hybridized carbons (Fsp3) is 0.400. The highest BCUT2D eigenvalue weighted by Crippen LogP contribution is 2.34. The number of fused-ring (bicyclic) bond motifs is 1. The van der Waals surface area contributed by atoms with Crippen LogP contribution >= 0.6 is 15.9 Å². The van der Waals surface area contributed by atoms with Crippen molar-refractivity contribution in [2.45, 2.75) is 45.8 Å². The fourth-order valence-corrected chi connectivity index (χ4v) is 4.26. The summed E-state index contributed by atoms with van der Waals surface area (Å²) < 4.78 is 26.1. The molecular formula is C25H28BrFN2O6. The lowest BCUT2D eigenvalue weighted by molar-refractivity contribution is 0.0516. The van der Waals surface area contributed by atoms with Gasteiger partial charge in [-0.1, -0.05) is 25.5 Å². The van der Waals surface area contributed by atoms with E-state index in [0.29, 0.717) is 28.4 Å². The molecule has 0 aliphatic heterocycles. The normalized spacial score (nSPS) is 12.1. The number of nitrogens with zero attached hydrogens (tertiary/aromatic N) is 2. The van der Waals surface area contributed by atoms with E-state index in [4.69, 9.17) is 9.47 Å². The van der Waals surface area contributed by atoms with Gasteiger partial charge in [-0.25, -0.2) is 9.18 Å². The Hall–Kier alpha value is -2.82. The van der Waals surface area contributed by atoms with Gasteiger partial charge in [-0.05, 0) is 52.5 Å². The van der Waals surface area contributed by atoms with Crippen molar-refractivity contribution in [1.29, 1.82) is 0 Å². The SMILES string of the molecule is CCCCOc1c(C(=O)OCC)c(=O)n(CC(O)CO)c2c(Br)c(Cc3ccc(F)cc3)cnc12. The number of ether oxygens (including phenoxy) is 2. The summed E-state index contributed by atoms with van der Waals surface area (Å²) in [5.41, 5.74) is 1.02. The highest BCUT2D eigenvalue weighted by molar-refractivity contribution is 9.10. The van der Waals surface area contributed by atoms with Crippen LogP contribution in [0.2, 0.25) is 0 Å². The molecule has 0 bridgehead atoms. The van der Waals surface area contributed by atoms with E-state index in [1.807, 2.05) is 6.92 Å². The maximum Gasteiger partial charge on any atom is 0.347 e. The average molecular weight is 551 g/mol. The molecular weight excluding hydrogens is 523 g/mol. The molecule has 3 rings (SSSR count). The number of halogens is 2. The van der Waals surface area contributed by atoms with E-state index in [1.165, 1.54) is 16.7 Å². The van der Waals surface area contributed by atoms with Crippen LogP contribution in [-0.2, 0) is 17.7 Å². The molecule has 0 spiro atoms. The van der Waals surface area contributed by atoms with Crippen molar-refractivity contribution < 1.29 is 28.9 Å². The molecule has 0 aliphatic rings. The summed E-state index contributed by atoms with van der Waals surface area (Å²) in [6, 6.07) is 6.02. The number of aliphatic hydroxyl groups excluding tert-OH is 2. The number of pyridine rings is 2. The van der Waals surface area contributed by atoms with Gasteiger partial charge in [-0.2, -0.15) is 0 Å². The zero-order valence-electron chi connectivity index (χ0n) is 19.6. The van der Waals surface area contributed by atoms with Gasteiger partial charge >= 0.3 is 5.97 Å². The van der Waals surface area contributed by atoms with Gasteiger partial charge < -0.3 is 24.3 Å². The second-order valence-electron chi connectivity index (χ2n) is 7.98. The number of rotatable bonds is 11. The van der Waals surface area contributed by atoms with E-state index in [9.17, 15) is 24.2 Å². The maximum absolute atomic E-state index is 13.6. The zero-order valence-corrected chi connectivity index (χ0v) is 21.2. The van der Waals surface area contributed by atoms with Crippen molar-refractivity contribution in [1.82, 2.24) is 9.55 Å². The lowest BCUT2D eigenvalue weighted by Crippen LogP contribution is -2.34. The van der Waals surface area contributed by atoms with Gasteiger partial charge in [0.2, 0.25) is 0 Å². The van der Waals surface area contributed by atoms with Crippen LogP contribution < -0.4 is 10.3 Å². The molecule has 0 saturated carbocycles. The summed E-state index contributed by atoms with van der Waals surface area (Å²) in [6.07, 6.45) is 2.25. The monoisotopic (exact) mass is 550 g/mol. The van der Waals surface area contributed by atoms with Crippen LogP contribution in [0.5, 0.6) is 5.75 Å². The molecule has 2 N–H and O–H groups in total. The summed E-state index contributed by atoms with van der Waals surface area (Å²) in [7, 11) is 0. The van der Waals surface area contributed by atoms with E-state index in [0.717, 1.165) is 12.0 Å². The van der Waals surface area contributed by atoms with Crippen molar-refractivity contribution in [2.24, 2.45) is 0 Å². The first kappa shape index (κ1) is 26.8. The molecule has 1 unspecified atom stereocenters. The summed E-state index contributed by atoms with van der Waals surface area (Å²) >= 11 is 3.57. The third kappa shape index (κ3) is 6.06.